The lowest BCUT2D eigenvalue weighted by atomic mass is 9.95. The normalized spacial score (nSPS) is 11.1. The zero-order valence-corrected chi connectivity index (χ0v) is 14.4. The van der Waals surface area contributed by atoms with Gasteiger partial charge in [-0.05, 0) is 53.9 Å². The van der Waals surface area contributed by atoms with E-state index in [9.17, 15) is 0 Å². The second kappa shape index (κ2) is 5.97. The zero-order valence-electron chi connectivity index (χ0n) is 12.9. The fourth-order valence-electron chi connectivity index (χ4n) is 2.95. The number of benzene rings is 2. The number of pyridine rings is 1. The summed E-state index contributed by atoms with van der Waals surface area (Å²) in [6, 6.07) is 13.7. The molecule has 0 spiro atoms. The Labute approximate surface area is 149 Å². The fraction of sp³-hybridized carbons (Fsp3) is 0.0500. The highest BCUT2D eigenvalue weighted by Crippen LogP contribution is 2.40. The first-order valence-electron chi connectivity index (χ1n) is 7.51. The number of rotatable bonds is 2. The van der Waals surface area contributed by atoms with Crippen LogP contribution >= 0.6 is 23.2 Å². The van der Waals surface area contributed by atoms with Gasteiger partial charge in [0.2, 0.25) is 0 Å². The van der Waals surface area contributed by atoms with Crippen molar-refractivity contribution in [3.63, 3.8) is 0 Å². The molecule has 0 amide bonds. The second-order valence-electron chi connectivity index (χ2n) is 5.68. The van der Waals surface area contributed by atoms with Gasteiger partial charge in [-0.25, -0.2) is 0 Å². The summed E-state index contributed by atoms with van der Waals surface area (Å²) < 4.78 is 5.75. The van der Waals surface area contributed by atoms with E-state index in [2.05, 4.69) is 11.1 Å². The van der Waals surface area contributed by atoms with E-state index in [0.29, 0.717) is 10.0 Å². The molecule has 0 aliphatic carbocycles. The van der Waals surface area contributed by atoms with E-state index in [0.717, 1.165) is 38.8 Å². The van der Waals surface area contributed by atoms with Crippen LogP contribution in [-0.4, -0.2) is 4.98 Å². The molecule has 4 heteroatoms. The number of halogens is 2. The summed E-state index contributed by atoms with van der Waals surface area (Å²) in [5.74, 6) is 0. The molecule has 0 radical (unpaired) electrons. The molecule has 0 aliphatic rings. The second-order valence-corrected chi connectivity index (χ2v) is 6.53. The van der Waals surface area contributed by atoms with E-state index in [1.807, 2.05) is 43.5 Å². The third-order valence-corrected chi connectivity index (χ3v) is 4.62. The third kappa shape index (κ3) is 2.58. The average Bonchev–Trinajstić information content (AvgIpc) is 2.96. The number of furan rings is 1. The van der Waals surface area contributed by atoms with Crippen molar-refractivity contribution in [1.82, 2.24) is 4.98 Å². The molecule has 0 fully saturated rings. The van der Waals surface area contributed by atoms with Crippen LogP contribution in [0.15, 0.2) is 65.5 Å². The molecule has 0 N–H and O–H groups in total. The zero-order chi connectivity index (χ0) is 16.7. The predicted molar refractivity (Wildman–Crippen MR) is 99.6 cm³/mol. The van der Waals surface area contributed by atoms with E-state index >= 15 is 0 Å². The number of hydrogen-bond donors (Lipinski definition) is 0. The summed E-state index contributed by atoms with van der Waals surface area (Å²) in [6.07, 6.45) is 5.37. The predicted octanol–water partition coefficient (Wildman–Crippen LogP) is 6.78. The van der Waals surface area contributed by atoms with Crippen molar-refractivity contribution in [2.24, 2.45) is 0 Å². The highest BCUT2D eigenvalue weighted by atomic mass is 35.5. The van der Waals surface area contributed by atoms with Crippen LogP contribution < -0.4 is 0 Å². The van der Waals surface area contributed by atoms with Gasteiger partial charge < -0.3 is 4.42 Å². The van der Waals surface area contributed by atoms with Crippen LogP contribution in [-0.2, 0) is 0 Å². The summed E-state index contributed by atoms with van der Waals surface area (Å²) in [4.78, 5) is 4.20. The van der Waals surface area contributed by atoms with Gasteiger partial charge in [0.05, 0.1) is 6.26 Å². The van der Waals surface area contributed by atoms with Gasteiger partial charge in [0.25, 0.3) is 0 Å². The minimum Gasteiger partial charge on any atom is -0.464 e. The summed E-state index contributed by atoms with van der Waals surface area (Å²) in [6.45, 7) is 2.03. The Morgan fingerprint density at radius 3 is 2.58 bits per heavy atom. The van der Waals surface area contributed by atoms with Crippen LogP contribution in [0.3, 0.4) is 0 Å². The van der Waals surface area contributed by atoms with Crippen molar-refractivity contribution in [3.05, 3.63) is 76.7 Å². The maximum atomic E-state index is 6.45. The number of fused-ring (bicyclic) bond motifs is 1. The minimum atomic E-state index is 0.618. The topological polar surface area (TPSA) is 26.0 Å². The van der Waals surface area contributed by atoms with Crippen LogP contribution in [0.4, 0.5) is 0 Å². The molecule has 4 aromatic rings. The van der Waals surface area contributed by atoms with E-state index in [-0.39, 0.29) is 0 Å². The molecule has 4 rings (SSSR count). The van der Waals surface area contributed by atoms with E-state index in [4.69, 9.17) is 27.6 Å². The van der Waals surface area contributed by atoms with Crippen LogP contribution in [0.1, 0.15) is 5.56 Å². The first kappa shape index (κ1) is 15.3. The van der Waals surface area contributed by atoms with E-state index < -0.39 is 0 Å². The smallest absolute Gasteiger partial charge is 0.135 e. The number of hydrogen-bond acceptors (Lipinski definition) is 2. The van der Waals surface area contributed by atoms with Gasteiger partial charge in [-0.2, -0.15) is 0 Å². The van der Waals surface area contributed by atoms with Gasteiger partial charge in [0.1, 0.15) is 5.58 Å². The van der Waals surface area contributed by atoms with Crippen molar-refractivity contribution in [3.8, 4) is 22.3 Å². The monoisotopic (exact) mass is 353 g/mol. The molecule has 118 valence electrons. The Kier molecular flexibility index (Phi) is 3.79. The molecule has 2 aromatic carbocycles. The maximum Gasteiger partial charge on any atom is 0.135 e. The summed E-state index contributed by atoms with van der Waals surface area (Å²) in [5.41, 5.74) is 5.92. The van der Waals surface area contributed by atoms with Crippen LogP contribution in [0, 0.1) is 6.92 Å². The lowest BCUT2D eigenvalue weighted by molar-refractivity contribution is 0.613. The SMILES string of the molecule is Cc1coc2cc(-c3cccnc3)cc(-c3ccc(Cl)cc3Cl)c12. The van der Waals surface area contributed by atoms with Crippen LogP contribution in [0.5, 0.6) is 0 Å². The van der Waals surface area contributed by atoms with Crippen LogP contribution in [0.25, 0.3) is 33.2 Å². The van der Waals surface area contributed by atoms with Gasteiger partial charge in [0, 0.05) is 39.0 Å². The molecule has 0 aliphatic heterocycles. The van der Waals surface area contributed by atoms with Crippen molar-refractivity contribution in [1.29, 1.82) is 0 Å². The Morgan fingerprint density at radius 1 is 0.958 bits per heavy atom. The van der Waals surface area contributed by atoms with Crippen molar-refractivity contribution in [2.45, 2.75) is 6.92 Å². The van der Waals surface area contributed by atoms with Crippen molar-refractivity contribution < 1.29 is 4.42 Å². The van der Waals surface area contributed by atoms with Gasteiger partial charge in [-0.15, -0.1) is 0 Å². The Balaban J connectivity index is 2.04. The number of aryl methyl sites for hydroxylation is 1. The number of aromatic nitrogens is 1. The molecule has 2 aromatic heterocycles. The van der Waals surface area contributed by atoms with Crippen LogP contribution in [0.2, 0.25) is 10.0 Å². The maximum absolute atomic E-state index is 6.45. The van der Waals surface area contributed by atoms with E-state index in [1.54, 1.807) is 18.5 Å². The molecule has 0 saturated carbocycles. The molecule has 24 heavy (non-hydrogen) atoms. The van der Waals surface area contributed by atoms with Gasteiger partial charge in [-0.3, -0.25) is 4.98 Å². The Hall–Kier alpha value is -2.29. The first-order chi connectivity index (χ1) is 11.6. The molecule has 0 unspecified atom stereocenters. The largest absolute Gasteiger partial charge is 0.464 e. The summed E-state index contributed by atoms with van der Waals surface area (Å²) in [5, 5.41) is 2.30. The highest BCUT2D eigenvalue weighted by molar-refractivity contribution is 6.36. The van der Waals surface area contributed by atoms with E-state index in [1.165, 1.54) is 0 Å². The minimum absolute atomic E-state index is 0.618. The highest BCUT2D eigenvalue weighted by Gasteiger charge is 2.15. The quantitative estimate of drug-likeness (QED) is 0.397. The number of nitrogens with zero attached hydrogens (tertiary/aromatic N) is 1. The van der Waals surface area contributed by atoms with Gasteiger partial charge in [-0.1, -0.05) is 35.3 Å². The molecule has 0 atom stereocenters. The molecule has 2 heterocycles. The Bertz CT molecular complexity index is 1040. The Morgan fingerprint density at radius 2 is 1.83 bits per heavy atom. The van der Waals surface area contributed by atoms with Crippen molar-refractivity contribution >= 4 is 34.2 Å². The van der Waals surface area contributed by atoms with Gasteiger partial charge >= 0.3 is 0 Å². The standard InChI is InChI=1S/C20H13Cl2NO/c1-12-11-24-19-8-14(13-3-2-6-23-10-13)7-17(20(12)19)16-5-4-15(21)9-18(16)22/h2-11H,1H3. The lowest BCUT2D eigenvalue weighted by Crippen LogP contribution is -1.86. The third-order valence-electron chi connectivity index (χ3n) is 4.08. The first-order valence-corrected chi connectivity index (χ1v) is 8.27. The fourth-order valence-corrected chi connectivity index (χ4v) is 3.46. The summed E-state index contributed by atoms with van der Waals surface area (Å²) >= 11 is 12.5. The molecule has 0 saturated heterocycles. The lowest BCUT2D eigenvalue weighted by Gasteiger charge is -2.10. The molecule has 0 bridgehead atoms. The summed E-state index contributed by atoms with van der Waals surface area (Å²) in [7, 11) is 0. The molecular weight excluding hydrogens is 341 g/mol. The molecule has 2 nitrogen and oxygen atoms in total. The average molecular weight is 354 g/mol. The molecular formula is C20H13Cl2NO. The van der Waals surface area contributed by atoms with Crippen molar-refractivity contribution in [2.75, 3.05) is 0 Å². The van der Waals surface area contributed by atoms with Gasteiger partial charge in [0.15, 0.2) is 0 Å².